The molecule has 2 amide bonds. The molecule has 1 heterocycles. The lowest BCUT2D eigenvalue weighted by Gasteiger charge is -2.27. The van der Waals surface area contributed by atoms with Gasteiger partial charge in [-0.05, 0) is 58.5 Å². The second kappa shape index (κ2) is 11.1. The van der Waals surface area contributed by atoms with Gasteiger partial charge < -0.3 is 20.1 Å². The van der Waals surface area contributed by atoms with Gasteiger partial charge in [0.05, 0.1) is 7.11 Å². The summed E-state index contributed by atoms with van der Waals surface area (Å²) in [5.41, 5.74) is 6.01. The van der Waals surface area contributed by atoms with Crippen LogP contribution in [0.1, 0.15) is 40.1 Å². The summed E-state index contributed by atoms with van der Waals surface area (Å²) >= 11 is 0. The van der Waals surface area contributed by atoms with E-state index < -0.39 is 12.0 Å². The Morgan fingerprint density at radius 1 is 0.850 bits per heavy atom. The molecule has 0 aliphatic carbocycles. The van der Waals surface area contributed by atoms with Crippen molar-refractivity contribution < 1.29 is 24.2 Å². The van der Waals surface area contributed by atoms with Crippen molar-refractivity contribution in [3.63, 3.8) is 0 Å². The Balaban J connectivity index is 1.35. The van der Waals surface area contributed by atoms with Crippen LogP contribution in [0, 0.1) is 5.92 Å². The third-order valence-electron chi connectivity index (χ3n) is 7.19. The molecule has 7 heteroatoms. The Hall–Kier alpha value is -4.91. The van der Waals surface area contributed by atoms with Gasteiger partial charge in [0.15, 0.2) is 0 Å². The van der Waals surface area contributed by atoms with E-state index >= 15 is 0 Å². The van der Waals surface area contributed by atoms with Crippen LogP contribution in [-0.2, 0) is 11.3 Å². The van der Waals surface area contributed by atoms with Crippen LogP contribution in [0.25, 0.3) is 22.3 Å². The number of carbonyl (C=O) groups is 3. The van der Waals surface area contributed by atoms with E-state index in [4.69, 9.17) is 4.74 Å². The minimum atomic E-state index is -1.01. The van der Waals surface area contributed by atoms with Crippen LogP contribution in [0.2, 0.25) is 0 Å². The Morgan fingerprint density at radius 2 is 1.52 bits per heavy atom. The summed E-state index contributed by atoms with van der Waals surface area (Å²) in [5, 5.41) is 12.6. The monoisotopic (exact) mass is 534 g/mol. The maximum absolute atomic E-state index is 13.2. The van der Waals surface area contributed by atoms with Crippen molar-refractivity contribution in [1.29, 1.82) is 0 Å². The van der Waals surface area contributed by atoms with E-state index in [-0.39, 0.29) is 24.3 Å². The topological polar surface area (TPSA) is 95.9 Å². The molecule has 7 nitrogen and oxygen atoms in total. The normalized spacial score (nSPS) is 13.2. The minimum Gasteiger partial charge on any atom is -0.496 e. The molecule has 202 valence electrons. The van der Waals surface area contributed by atoms with Crippen molar-refractivity contribution in [3.05, 3.63) is 108 Å². The predicted molar refractivity (Wildman–Crippen MR) is 154 cm³/mol. The lowest BCUT2D eigenvalue weighted by atomic mass is 9.99. The third-order valence-corrected chi connectivity index (χ3v) is 7.19. The van der Waals surface area contributed by atoms with Crippen molar-refractivity contribution >= 4 is 23.5 Å². The first-order valence-electron chi connectivity index (χ1n) is 13.1. The van der Waals surface area contributed by atoms with Gasteiger partial charge in [0, 0.05) is 35.0 Å². The first kappa shape index (κ1) is 26.7. The summed E-state index contributed by atoms with van der Waals surface area (Å²) in [4.78, 5) is 39.4. The Kier molecular flexibility index (Phi) is 7.38. The number of rotatable bonds is 8. The zero-order valence-corrected chi connectivity index (χ0v) is 22.5. The number of methoxy groups -OCH3 is 1. The number of amides is 2. The molecule has 0 bridgehead atoms. The number of nitrogens with zero attached hydrogens (tertiary/aromatic N) is 1. The lowest BCUT2D eigenvalue weighted by Crippen LogP contribution is -2.44. The van der Waals surface area contributed by atoms with E-state index in [0.717, 1.165) is 27.8 Å². The van der Waals surface area contributed by atoms with Gasteiger partial charge in [0.1, 0.15) is 11.8 Å². The molecule has 1 aliphatic heterocycles. The molecule has 1 aliphatic rings. The number of ether oxygens (including phenoxy) is 1. The van der Waals surface area contributed by atoms with E-state index in [0.29, 0.717) is 22.6 Å². The summed E-state index contributed by atoms with van der Waals surface area (Å²) in [5.74, 6) is -1.23. The molecule has 0 spiro atoms. The maximum atomic E-state index is 13.2. The largest absolute Gasteiger partial charge is 0.496 e. The molecule has 5 rings (SSSR count). The van der Waals surface area contributed by atoms with Crippen LogP contribution in [0.3, 0.4) is 0 Å². The van der Waals surface area contributed by atoms with Crippen molar-refractivity contribution in [1.82, 2.24) is 4.90 Å². The number of anilines is 1. The molecule has 1 atom stereocenters. The number of carboxylic acids is 1. The molecule has 0 radical (unpaired) electrons. The van der Waals surface area contributed by atoms with Crippen LogP contribution >= 0.6 is 0 Å². The van der Waals surface area contributed by atoms with E-state index in [9.17, 15) is 19.5 Å². The number of fused-ring (bicyclic) bond motifs is 1. The van der Waals surface area contributed by atoms with Crippen molar-refractivity contribution in [2.75, 3.05) is 12.4 Å². The summed E-state index contributed by atoms with van der Waals surface area (Å²) in [6.45, 7) is 3.86. The molecule has 4 aromatic rings. The average Bonchev–Trinajstić information content (AvgIpc) is 3.28. The number of benzene rings is 4. The van der Waals surface area contributed by atoms with Gasteiger partial charge in [0.25, 0.3) is 11.8 Å². The third kappa shape index (κ3) is 5.18. The fourth-order valence-corrected chi connectivity index (χ4v) is 5.15. The van der Waals surface area contributed by atoms with Crippen molar-refractivity contribution in [2.24, 2.45) is 5.92 Å². The first-order valence-corrected chi connectivity index (χ1v) is 13.1. The van der Waals surface area contributed by atoms with E-state index in [1.165, 1.54) is 4.90 Å². The minimum absolute atomic E-state index is 0.222. The fraction of sp³-hybridized carbons (Fsp3) is 0.182. The Bertz CT molecular complexity index is 1580. The van der Waals surface area contributed by atoms with E-state index in [1.807, 2.05) is 60.7 Å². The quantitative estimate of drug-likeness (QED) is 0.275. The number of aliphatic carboxylic acids is 1. The van der Waals surface area contributed by atoms with Crippen LogP contribution in [0.15, 0.2) is 91.0 Å². The highest BCUT2D eigenvalue weighted by molar-refractivity contribution is 6.05. The van der Waals surface area contributed by atoms with Gasteiger partial charge in [-0.3, -0.25) is 9.59 Å². The second-order valence-corrected chi connectivity index (χ2v) is 10.1. The summed E-state index contributed by atoms with van der Waals surface area (Å²) < 4.78 is 5.64. The first-order chi connectivity index (χ1) is 19.3. The predicted octanol–water partition coefficient (Wildman–Crippen LogP) is 6.35. The highest BCUT2D eigenvalue weighted by Crippen LogP contribution is 2.36. The molecule has 0 saturated heterocycles. The van der Waals surface area contributed by atoms with Gasteiger partial charge in [0.2, 0.25) is 0 Å². The molecular weight excluding hydrogens is 504 g/mol. The molecule has 0 aromatic heterocycles. The van der Waals surface area contributed by atoms with Gasteiger partial charge in [-0.25, -0.2) is 4.79 Å². The summed E-state index contributed by atoms with van der Waals surface area (Å²) in [7, 11) is 1.55. The number of carbonyl (C=O) groups excluding carboxylic acids is 2. The maximum Gasteiger partial charge on any atom is 0.326 e. The van der Waals surface area contributed by atoms with Crippen LogP contribution in [0.5, 0.6) is 5.75 Å². The number of nitrogens with one attached hydrogen (secondary N) is 1. The second-order valence-electron chi connectivity index (χ2n) is 10.1. The average molecular weight is 535 g/mol. The molecule has 0 saturated carbocycles. The number of hydrogen-bond donors (Lipinski definition) is 2. The standard InChI is InChI=1S/C33H30N2O5/c1-20(2)30(33(38)39)35-19-25-14-13-24(17-28(25)32(35)37)27-16-15-26(18-29(27)40-3)34-31(36)23-11-9-22(10-12-23)21-7-5-4-6-8-21/h4-18,20,30H,19H2,1-3H3,(H,34,36)(H,38,39)/t30-/m0/s1. The molecule has 2 N–H and O–H groups in total. The van der Waals surface area contributed by atoms with Gasteiger partial charge in [-0.2, -0.15) is 0 Å². The van der Waals surface area contributed by atoms with Crippen LogP contribution in [0.4, 0.5) is 5.69 Å². The molecule has 0 unspecified atom stereocenters. The molecule has 0 fully saturated rings. The Labute approximate surface area is 233 Å². The van der Waals surface area contributed by atoms with E-state index in [2.05, 4.69) is 5.32 Å². The van der Waals surface area contributed by atoms with Gasteiger partial charge in [-0.15, -0.1) is 0 Å². The summed E-state index contributed by atoms with van der Waals surface area (Å²) in [6, 6.07) is 27.4. The van der Waals surface area contributed by atoms with Crippen LogP contribution < -0.4 is 10.1 Å². The van der Waals surface area contributed by atoms with E-state index in [1.54, 1.807) is 51.3 Å². The zero-order valence-electron chi connectivity index (χ0n) is 22.5. The van der Waals surface area contributed by atoms with Crippen molar-refractivity contribution in [3.8, 4) is 28.0 Å². The van der Waals surface area contributed by atoms with Gasteiger partial charge in [-0.1, -0.05) is 68.4 Å². The van der Waals surface area contributed by atoms with Crippen molar-refractivity contribution in [2.45, 2.75) is 26.4 Å². The van der Waals surface area contributed by atoms with Crippen LogP contribution in [-0.4, -0.2) is 40.9 Å². The zero-order chi connectivity index (χ0) is 28.4. The highest BCUT2D eigenvalue weighted by Gasteiger charge is 2.38. The highest BCUT2D eigenvalue weighted by atomic mass is 16.5. The molecule has 40 heavy (non-hydrogen) atoms. The molecule has 4 aromatic carbocycles. The number of carboxylic acid groups (broad SMARTS) is 1. The summed E-state index contributed by atoms with van der Waals surface area (Å²) in [6.07, 6.45) is 0. The number of hydrogen-bond acceptors (Lipinski definition) is 4. The SMILES string of the molecule is COc1cc(NC(=O)c2ccc(-c3ccccc3)cc2)ccc1-c1ccc2c(c1)C(=O)N([C@H](C(=O)O)C(C)C)C2. The lowest BCUT2D eigenvalue weighted by molar-refractivity contribution is -0.144. The Morgan fingerprint density at radius 3 is 2.17 bits per heavy atom. The fourth-order valence-electron chi connectivity index (χ4n) is 5.15. The smallest absolute Gasteiger partial charge is 0.326 e. The molecular formula is C33H30N2O5. The van der Waals surface area contributed by atoms with Gasteiger partial charge >= 0.3 is 5.97 Å².